The van der Waals surface area contributed by atoms with Gasteiger partial charge in [0.2, 0.25) is 5.91 Å². The van der Waals surface area contributed by atoms with E-state index in [0.29, 0.717) is 19.3 Å². The molecule has 2 unspecified atom stereocenters. The Morgan fingerprint density at radius 2 is 1.61 bits per heavy atom. The van der Waals surface area contributed by atoms with Gasteiger partial charge in [-0.3, -0.25) is 9.59 Å². The number of carboxylic acid groups (broad SMARTS) is 1. The van der Waals surface area contributed by atoms with Crippen molar-refractivity contribution in [3.63, 3.8) is 0 Å². The van der Waals surface area contributed by atoms with Gasteiger partial charge < -0.3 is 10.4 Å². The topological polar surface area (TPSA) is 66.4 Å². The first-order valence-corrected chi connectivity index (χ1v) is 7.02. The Hall–Kier alpha value is -1.06. The number of nitrogens with one attached hydrogen (secondary N) is 1. The average Bonchev–Trinajstić information content (AvgIpc) is 2.86. The van der Waals surface area contributed by atoms with Gasteiger partial charge in [0.05, 0.1) is 5.92 Å². The SMILES string of the molecule is CCC(CC)(CC)NC(=O)C1CCC(C(=O)O)C1. The van der Waals surface area contributed by atoms with E-state index in [4.69, 9.17) is 5.11 Å². The summed E-state index contributed by atoms with van der Waals surface area (Å²) in [6.45, 7) is 6.26. The van der Waals surface area contributed by atoms with Crippen LogP contribution in [0, 0.1) is 11.8 Å². The molecule has 2 atom stereocenters. The number of aliphatic carboxylic acids is 1. The van der Waals surface area contributed by atoms with Gasteiger partial charge in [0.25, 0.3) is 0 Å². The Balaban J connectivity index is 2.58. The summed E-state index contributed by atoms with van der Waals surface area (Å²) in [5, 5.41) is 12.1. The maximum atomic E-state index is 12.2. The monoisotopic (exact) mass is 255 g/mol. The van der Waals surface area contributed by atoms with E-state index in [9.17, 15) is 9.59 Å². The Labute approximate surface area is 109 Å². The van der Waals surface area contributed by atoms with Crippen molar-refractivity contribution in [3.8, 4) is 0 Å². The molecule has 1 aliphatic carbocycles. The van der Waals surface area contributed by atoms with Crippen LogP contribution in [0.5, 0.6) is 0 Å². The van der Waals surface area contributed by atoms with E-state index in [1.165, 1.54) is 0 Å². The molecule has 1 aliphatic rings. The first-order chi connectivity index (χ1) is 8.48. The normalized spacial score (nSPS) is 23.9. The molecule has 0 spiro atoms. The minimum Gasteiger partial charge on any atom is -0.481 e. The molecule has 1 fully saturated rings. The maximum absolute atomic E-state index is 12.2. The van der Waals surface area contributed by atoms with Crippen LogP contribution in [0.2, 0.25) is 0 Å². The lowest BCUT2D eigenvalue weighted by Crippen LogP contribution is -2.49. The van der Waals surface area contributed by atoms with E-state index in [0.717, 1.165) is 19.3 Å². The minimum atomic E-state index is -0.766. The predicted molar refractivity (Wildman–Crippen MR) is 70.2 cm³/mol. The molecule has 0 aromatic carbocycles. The molecule has 1 amide bonds. The van der Waals surface area contributed by atoms with Crippen molar-refractivity contribution in [1.82, 2.24) is 5.32 Å². The molecule has 0 aromatic rings. The molecule has 4 nitrogen and oxygen atoms in total. The number of amides is 1. The van der Waals surface area contributed by atoms with Crippen LogP contribution in [0.4, 0.5) is 0 Å². The third-order valence-electron chi connectivity index (χ3n) is 4.57. The maximum Gasteiger partial charge on any atom is 0.306 e. The number of hydrogen-bond acceptors (Lipinski definition) is 2. The molecule has 0 bridgehead atoms. The van der Waals surface area contributed by atoms with Crippen molar-refractivity contribution in [2.24, 2.45) is 11.8 Å². The molecular weight excluding hydrogens is 230 g/mol. The van der Waals surface area contributed by atoms with Crippen molar-refractivity contribution >= 4 is 11.9 Å². The summed E-state index contributed by atoms with van der Waals surface area (Å²) in [4.78, 5) is 23.1. The molecule has 18 heavy (non-hydrogen) atoms. The van der Waals surface area contributed by atoms with E-state index in [1.807, 2.05) is 0 Å². The summed E-state index contributed by atoms with van der Waals surface area (Å²) >= 11 is 0. The van der Waals surface area contributed by atoms with Gasteiger partial charge in [0.15, 0.2) is 0 Å². The Kier molecular flexibility index (Phi) is 5.17. The fourth-order valence-electron chi connectivity index (χ4n) is 2.82. The van der Waals surface area contributed by atoms with E-state index < -0.39 is 5.97 Å². The van der Waals surface area contributed by atoms with Gasteiger partial charge in [-0.25, -0.2) is 0 Å². The largest absolute Gasteiger partial charge is 0.481 e. The second-order valence-electron chi connectivity index (χ2n) is 5.38. The van der Waals surface area contributed by atoms with Crippen molar-refractivity contribution in [1.29, 1.82) is 0 Å². The zero-order valence-corrected chi connectivity index (χ0v) is 11.7. The van der Waals surface area contributed by atoms with Crippen LogP contribution >= 0.6 is 0 Å². The molecule has 0 aromatic heterocycles. The second-order valence-corrected chi connectivity index (χ2v) is 5.38. The van der Waals surface area contributed by atoms with Gasteiger partial charge in [-0.15, -0.1) is 0 Å². The first-order valence-electron chi connectivity index (χ1n) is 7.02. The molecular formula is C14H25NO3. The summed E-state index contributed by atoms with van der Waals surface area (Å²) in [5.41, 5.74) is -0.113. The number of carboxylic acids is 1. The highest BCUT2D eigenvalue weighted by Crippen LogP contribution is 2.32. The summed E-state index contributed by atoms with van der Waals surface area (Å²) in [5.74, 6) is -1.17. The fourth-order valence-corrected chi connectivity index (χ4v) is 2.82. The highest BCUT2D eigenvalue weighted by Gasteiger charge is 2.36. The van der Waals surface area contributed by atoms with Crippen molar-refractivity contribution in [2.75, 3.05) is 0 Å². The van der Waals surface area contributed by atoms with Gasteiger partial charge >= 0.3 is 5.97 Å². The Morgan fingerprint density at radius 3 is 2.00 bits per heavy atom. The molecule has 104 valence electrons. The molecule has 2 N–H and O–H groups in total. The molecule has 0 radical (unpaired) electrons. The van der Waals surface area contributed by atoms with Crippen LogP contribution in [0.3, 0.4) is 0 Å². The van der Waals surface area contributed by atoms with E-state index in [2.05, 4.69) is 26.1 Å². The Bertz CT molecular complexity index is 302. The molecule has 0 aliphatic heterocycles. The summed E-state index contributed by atoms with van der Waals surface area (Å²) in [7, 11) is 0. The number of carbonyl (C=O) groups is 2. The zero-order chi connectivity index (χ0) is 13.8. The van der Waals surface area contributed by atoms with Crippen LogP contribution in [-0.4, -0.2) is 22.5 Å². The third-order valence-corrected chi connectivity index (χ3v) is 4.57. The third kappa shape index (κ3) is 3.24. The predicted octanol–water partition coefficient (Wildman–Crippen LogP) is 2.57. The Morgan fingerprint density at radius 1 is 1.11 bits per heavy atom. The lowest BCUT2D eigenvalue weighted by atomic mass is 9.88. The second kappa shape index (κ2) is 6.21. The lowest BCUT2D eigenvalue weighted by molar-refractivity contribution is -0.141. The van der Waals surface area contributed by atoms with Crippen molar-refractivity contribution in [2.45, 2.75) is 64.8 Å². The van der Waals surface area contributed by atoms with Crippen LogP contribution in [0.25, 0.3) is 0 Å². The minimum absolute atomic E-state index is 0.0456. The number of carbonyl (C=O) groups excluding carboxylic acids is 1. The number of rotatable bonds is 6. The first kappa shape index (κ1) is 15.0. The fraction of sp³-hybridized carbons (Fsp3) is 0.857. The quantitative estimate of drug-likeness (QED) is 0.766. The molecule has 4 heteroatoms. The number of hydrogen-bond donors (Lipinski definition) is 2. The smallest absolute Gasteiger partial charge is 0.306 e. The molecule has 1 saturated carbocycles. The zero-order valence-electron chi connectivity index (χ0n) is 11.7. The van der Waals surface area contributed by atoms with E-state index in [1.54, 1.807) is 0 Å². The summed E-state index contributed by atoms with van der Waals surface area (Å²) < 4.78 is 0. The van der Waals surface area contributed by atoms with Crippen LogP contribution < -0.4 is 5.32 Å². The standard InChI is InChI=1S/C14H25NO3/c1-4-14(5-2,6-3)15-12(16)10-7-8-11(9-10)13(17)18/h10-11H,4-9H2,1-3H3,(H,15,16)(H,17,18). The van der Waals surface area contributed by atoms with Crippen molar-refractivity contribution < 1.29 is 14.7 Å². The van der Waals surface area contributed by atoms with E-state index >= 15 is 0 Å². The van der Waals surface area contributed by atoms with Crippen LogP contribution in [0.1, 0.15) is 59.3 Å². The summed E-state index contributed by atoms with van der Waals surface area (Å²) in [6.07, 6.45) is 4.58. The van der Waals surface area contributed by atoms with Gasteiger partial charge in [0.1, 0.15) is 0 Å². The molecule has 0 heterocycles. The van der Waals surface area contributed by atoms with Crippen LogP contribution in [0.15, 0.2) is 0 Å². The van der Waals surface area contributed by atoms with E-state index in [-0.39, 0.29) is 23.3 Å². The average molecular weight is 255 g/mol. The van der Waals surface area contributed by atoms with Gasteiger partial charge in [-0.1, -0.05) is 20.8 Å². The highest BCUT2D eigenvalue weighted by molar-refractivity contribution is 5.81. The van der Waals surface area contributed by atoms with Crippen molar-refractivity contribution in [3.05, 3.63) is 0 Å². The lowest BCUT2D eigenvalue weighted by Gasteiger charge is -2.33. The molecule has 1 rings (SSSR count). The van der Waals surface area contributed by atoms with Crippen LogP contribution in [-0.2, 0) is 9.59 Å². The van der Waals surface area contributed by atoms with Gasteiger partial charge in [-0.2, -0.15) is 0 Å². The van der Waals surface area contributed by atoms with Gasteiger partial charge in [-0.05, 0) is 38.5 Å². The molecule has 0 saturated heterocycles. The highest BCUT2D eigenvalue weighted by atomic mass is 16.4. The van der Waals surface area contributed by atoms with Gasteiger partial charge in [0, 0.05) is 11.5 Å². The summed E-state index contributed by atoms with van der Waals surface area (Å²) in [6, 6.07) is 0.